The van der Waals surface area contributed by atoms with E-state index in [4.69, 9.17) is 5.73 Å². The number of guanidine groups is 1. The van der Waals surface area contributed by atoms with Gasteiger partial charge in [-0.25, -0.2) is 8.42 Å². The normalized spacial score (nSPS) is 12.6. The summed E-state index contributed by atoms with van der Waals surface area (Å²) < 4.78 is 21.7. The SMILES string of the molecule is CS(=O)(=O)CCN=C(N)NCCc1cccs1. The van der Waals surface area contributed by atoms with Crippen LogP contribution in [0, 0.1) is 0 Å². The van der Waals surface area contributed by atoms with Gasteiger partial charge in [-0.2, -0.15) is 0 Å². The van der Waals surface area contributed by atoms with E-state index in [2.05, 4.69) is 16.4 Å². The van der Waals surface area contributed by atoms with Crippen LogP contribution in [-0.2, 0) is 16.3 Å². The predicted molar refractivity (Wildman–Crippen MR) is 72.2 cm³/mol. The van der Waals surface area contributed by atoms with Gasteiger partial charge < -0.3 is 11.1 Å². The maximum Gasteiger partial charge on any atom is 0.188 e. The number of aliphatic imine (C=N–C) groups is 1. The van der Waals surface area contributed by atoms with Crippen molar-refractivity contribution in [1.82, 2.24) is 5.32 Å². The first-order valence-electron chi connectivity index (χ1n) is 5.21. The molecule has 0 aliphatic heterocycles. The van der Waals surface area contributed by atoms with Gasteiger partial charge in [0, 0.05) is 17.7 Å². The highest BCUT2D eigenvalue weighted by molar-refractivity contribution is 7.90. The van der Waals surface area contributed by atoms with E-state index in [0.29, 0.717) is 12.5 Å². The predicted octanol–water partition coefficient (Wildman–Crippen LogP) is 0.240. The van der Waals surface area contributed by atoms with Crippen molar-refractivity contribution in [2.75, 3.05) is 25.1 Å². The first-order chi connectivity index (χ1) is 7.97. The molecule has 0 unspecified atom stereocenters. The third kappa shape index (κ3) is 6.96. The highest BCUT2D eigenvalue weighted by Gasteiger charge is 2.00. The third-order valence-corrected chi connectivity index (χ3v) is 3.86. The first kappa shape index (κ1) is 14.0. The van der Waals surface area contributed by atoms with Crippen molar-refractivity contribution in [2.24, 2.45) is 10.7 Å². The smallest absolute Gasteiger partial charge is 0.188 e. The monoisotopic (exact) mass is 275 g/mol. The Balaban J connectivity index is 2.20. The summed E-state index contributed by atoms with van der Waals surface area (Å²) in [5.74, 6) is 0.325. The molecule has 0 radical (unpaired) electrons. The molecule has 3 N–H and O–H groups in total. The molecule has 0 aliphatic rings. The van der Waals surface area contributed by atoms with Gasteiger partial charge in [0.25, 0.3) is 0 Å². The van der Waals surface area contributed by atoms with Gasteiger partial charge >= 0.3 is 0 Å². The van der Waals surface area contributed by atoms with Crippen LogP contribution < -0.4 is 11.1 Å². The zero-order valence-electron chi connectivity index (χ0n) is 9.72. The van der Waals surface area contributed by atoms with Crippen molar-refractivity contribution >= 4 is 27.1 Å². The van der Waals surface area contributed by atoms with Crippen LogP contribution in [0.25, 0.3) is 0 Å². The van der Waals surface area contributed by atoms with Crippen LogP contribution in [0.15, 0.2) is 22.5 Å². The molecule has 7 heteroatoms. The fraction of sp³-hybridized carbons (Fsp3) is 0.500. The summed E-state index contributed by atoms with van der Waals surface area (Å²) in [4.78, 5) is 5.22. The Hall–Kier alpha value is -1.08. The van der Waals surface area contributed by atoms with E-state index in [0.717, 1.165) is 6.42 Å². The van der Waals surface area contributed by atoms with Gasteiger partial charge in [-0.1, -0.05) is 6.07 Å². The highest BCUT2D eigenvalue weighted by Crippen LogP contribution is 2.07. The van der Waals surface area contributed by atoms with Gasteiger partial charge in [-0.15, -0.1) is 11.3 Å². The lowest BCUT2D eigenvalue weighted by Crippen LogP contribution is -2.33. The molecule has 1 heterocycles. The summed E-state index contributed by atoms with van der Waals surface area (Å²) in [5.41, 5.74) is 5.59. The molecule has 17 heavy (non-hydrogen) atoms. The molecule has 0 spiro atoms. The Bertz CT molecular complexity index is 452. The van der Waals surface area contributed by atoms with Crippen molar-refractivity contribution in [3.63, 3.8) is 0 Å². The number of nitrogens with zero attached hydrogens (tertiary/aromatic N) is 1. The fourth-order valence-electron chi connectivity index (χ4n) is 1.16. The molecular formula is C10H17N3O2S2. The van der Waals surface area contributed by atoms with E-state index in [1.807, 2.05) is 11.4 Å². The van der Waals surface area contributed by atoms with Crippen molar-refractivity contribution in [3.8, 4) is 0 Å². The summed E-state index contributed by atoms with van der Waals surface area (Å²) in [6, 6.07) is 4.06. The van der Waals surface area contributed by atoms with E-state index in [-0.39, 0.29) is 12.3 Å². The molecule has 0 saturated heterocycles. The number of nitrogens with two attached hydrogens (primary N) is 1. The number of nitrogens with one attached hydrogen (secondary N) is 1. The van der Waals surface area contributed by atoms with E-state index in [1.54, 1.807) is 11.3 Å². The number of thiophene rings is 1. The zero-order valence-corrected chi connectivity index (χ0v) is 11.4. The van der Waals surface area contributed by atoms with Crippen LogP contribution in [0.1, 0.15) is 4.88 Å². The van der Waals surface area contributed by atoms with Gasteiger partial charge in [0.05, 0.1) is 12.3 Å². The number of sulfone groups is 1. The maximum absolute atomic E-state index is 10.9. The number of hydrogen-bond donors (Lipinski definition) is 2. The van der Waals surface area contributed by atoms with Crippen LogP contribution in [-0.4, -0.2) is 39.5 Å². The molecule has 96 valence electrons. The molecular weight excluding hydrogens is 258 g/mol. The first-order valence-corrected chi connectivity index (χ1v) is 8.15. The molecule has 5 nitrogen and oxygen atoms in total. The quantitative estimate of drug-likeness (QED) is 0.575. The van der Waals surface area contributed by atoms with Gasteiger partial charge in [0.15, 0.2) is 5.96 Å². The number of rotatable bonds is 6. The van der Waals surface area contributed by atoms with Crippen LogP contribution >= 0.6 is 11.3 Å². The molecule has 0 aliphatic carbocycles. The van der Waals surface area contributed by atoms with Crippen molar-refractivity contribution in [1.29, 1.82) is 0 Å². The minimum absolute atomic E-state index is 0.0281. The Morgan fingerprint density at radius 3 is 2.94 bits per heavy atom. The molecule has 0 bridgehead atoms. The van der Waals surface area contributed by atoms with E-state index in [1.165, 1.54) is 11.1 Å². The fourth-order valence-corrected chi connectivity index (χ4v) is 2.29. The third-order valence-electron chi connectivity index (χ3n) is 2.00. The second-order valence-electron chi connectivity index (χ2n) is 3.65. The minimum atomic E-state index is -2.96. The molecule has 0 aromatic carbocycles. The zero-order chi connectivity index (χ0) is 12.7. The van der Waals surface area contributed by atoms with Crippen molar-refractivity contribution in [2.45, 2.75) is 6.42 Å². The van der Waals surface area contributed by atoms with Gasteiger partial charge in [-0.05, 0) is 17.9 Å². The topological polar surface area (TPSA) is 84.5 Å². The summed E-state index contributed by atoms with van der Waals surface area (Å²) in [6.45, 7) is 0.908. The van der Waals surface area contributed by atoms with E-state index in [9.17, 15) is 8.42 Å². The lowest BCUT2D eigenvalue weighted by atomic mass is 10.3. The van der Waals surface area contributed by atoms with Crippen LogP contribution in [0.5, 0.6) is 0 Å². The minimum Gasteiger partial charge on any atom is -0.370 e. The van der Waals surface area contributed by atoms with Crippen LogP contribution in [0.2, 0.25) is 0 Å². The lowest BCUT2D eigenvalue weighted by Gasteiger charge is -2.04. The number of hydrogen-bond acceptors (Lipinski definition) is 4. The Kier molecular flexibility index (Phi) is 5.43. The lowest BCUT2D eigenvalue weighted by molar-refractivity contribution is 0.601. The summed E-state index contributed by atoms with van der Waals surface area (Å²) >= 11 is 1.70. The average molecular weight is 275 g/mol. The molecule has 0 atom stereocenters. The van der Waals surface area contributed by atoms with E-state index < -0.39 is 9.84 Å². The average Bonchev–Trinajstić information content (AvgIpc) is 2.68. The maximum atomic E-state index is 10.9. The largest absolute Gasteiger partial charge is 0.370 e. The second-order valence-corrected chi connectivity index (χ2v) is 6.94. The summed E-state index contributed by atoms with van der Waals surface area (Å²) in [5, 5.41) is 4.97. The molecule has 1 aromatic heterocycles. The Morgan fingerprint density at radius 2 is 2.35 bits per heavy atom. The Labute approximate surface area is 106 Å². The summed E-state index contributed by atoms with van der Waals surface area (Å²) in [7, 11) is -2.96. The van der Waals surface area contributed by atoms with Crippen LogP contribution in [0.3, 0.4) is 0 Å². The Morgan fingerprint density at radius 1 is 1.59 bits per heavy atom. The second kappa shape index (κ2) is 6.61. The summed E-state index contributed by atoms with van der Waals surface area (Å²) in [6.07, 6.45) is 2.07. The van der Waals surface area contributed by atoms with Crippen molar-refractivity contribution < 1.29 is 8.42 Å². The van der Waals surface area contributed by atoms with E-state index >= 15 is 0 Å². The highest BCUT2D eigenvalue weighted by atomic mass is 32.2. The molecule has 1 aromatic rings. The van der Waals surface area contributed by atoms with Gasteiger partial charge in [0.1, 0.15) is 9.84 Å². The van der Waals surface area contributed by atoms with Crippen LogP contribution in [0.4, 0.5) is 0 Å². The molecule has 1 rings (SSSR count). The molecule has 0 saturated carbocycles. The standard InChI is InChI=1S/C10H17N3O2S2/c1-17(14,15)8-6-13-10(11)12-5-4-9-3-2-7-16-9/h2-3,7H,4-6,8H2,1H3,(H3,11,12,13). The van der Waals surface area contributed by atoms with Crippen molar-refractivity contribution in [3.05, 3.63) is 22.4 Å². The van der Waals surface area contributed by atoms with Gasteiger partial charge in [0.2, 0.25) is 0 Å². The van der Waals surface area contributed by atoms with Gasteiger partial charge in [-0.3, -0.25) is 4.99 Å². The molecule has 0 amide bonds. The molecule has 0 fully saturated rings.